The number of hydrogen-bond acceptors (Lipinski definition) is 5. The van der Waals surface area contributed by atoms with E-state index in [1.165, 1.54) is 0 Å². The quantitative estimate of drug-likeness (QED) is 0.477. The second-order valence-electron chi connectivity index (χ2n) is 7.65. The highest BCUT2D eigenvalue weighted by atomic mass is 16.5. The van der Waals surface area contributed by atoms with Gasteiger partial charge in [0.1, 0.15) is 6.04 Å². The topological polar surface area (TPSA) is 87.7 Å². The zero-order valence-corrected chi connectivity index (χ0v) is 16.9. The fourth-order valence-electron chi connectivity index (χ4n) is 3.90. The number of nitrogens with zero attached hydrogens (tertiary/aromatic N) is 1. The van der Waals surface area contributed by atoms with Crippen molar-refractivity contribution in [3.05, 3.63) is 0 Å². The van der Waals surface area contributed by atoms with Crippen molar-refractivity contribution in [1.29, 1.82) is 0 Å². The zero-order valence-electron chi connectivity index (χ0n) is 16.9. The molecule has 2 N–H and O–H groups in total. The van der Waals surface area contributed by atoms with E-state index >= 15 is 0 Å². The Morgan fingerprint density at radius 1 is 1.29 bits per heavy atom. The van der Waals surface area contributed by atoms with Crippen LogP contribution in [-0.2, 0) is 19.1 Å². The van der Waals surface area contributed by atoms with Crippen LogP contribution in [0.25, 0.3) is 0 Å². The fraction of sp³-hybridized carbons (Fsp3) is 0.762. The number of terminal acetylenes is 1. The van der Waals surface area contributed by atoms with Gasteiger partial charge in [0.15, 0.2) is 0 Å². The highest BCUT2D eigenvalue weighted by Gasteiger charge is 2.30. The van der Waals surface area contributed by atoms with Gasteiger partial charge in [0.2, 0.25) is 11.8 Å². The predicted molar refractivity (Wildman–Crippen MR) is 106 cm³/mol. The molecule has 7 nitrogen and oxygen atoms in total. The van der Waals surface area contributed by atoms with E-state index in [9.17, 15) is 14.4 Å². The number of rotatable bonds is 8. The van der Waals surface area contributed by atoms with Gasteiger partial charge in [0.25, 0.3) is 0 Å². The molecular formula is C21H33N3O4. The van der Waals surface area contributed by atoms with Crippen LogP contribution in [0.5, 0.6) is 0 Å². The van der Waals surface area contributed by atoms with Gasteiger partial charge in [-0.3, -0.25) is 14.4 Å². The van der Waals surface area contributed by atoms with Crippen LogP contribution in [0.4, 0.5) is 0 Å². The molecule has 2 aliphatic heterocycles. The maximum Gasteiger partial charge on any atom is 0.308 e. The highest BCUT2D eigenvalue weighted by molar-refractivity contribution is 5.82. The van der Waals surface area contributed by atoms with Crippen molar-refractivity contribution in [3.63, 3.8) is 0 Å². The number of likely N-dealkylation sites (tertiary alicyclic amines) is 1. The molecule has 2 fully saturated rings. The number of amides is 2. The summed E-state index contributed by atoms with van der Waals surface area (Å²) in [6.45, 7) is 5.20. The summed E-state index contributed by atoms with van der Waals surface area (Å²) in [5, 5.41) is 6.09. The monoisotopic (exact) mass is 391 g/mol. The summed E-state index contributed by atoms with van der Waals surface area (Å²) >= 11 is 0. The number of carbonyl (C=O) groups is 3. The van der Waals surface area contributed by atoms with E-state index in [-0.39, 0.29) is 30.8 Å². The highest BCUT2D eigenvalue weighted by Crippen LogP contribution is 2.21. The minimum atomic E-state index is -0.683. The van der Waals surface area contributed by atoms with E-state index in [0.29, 0.717) is 25.4 Å². The Morgan fingerprint density at radius 3 is 2.71 bits per heavy atom. The molecule has 0 aromatic heterocycles. The zero-order chi connectivity index (χ0) is 20.4. The molecule has 2 saturated heterocycles. The van der Waals surface area contributed by atoms with Crippen LogP contribution in [0.3, 0.4) is 0 Å². The Kier molecular flexibility index (Phi) is 9.29. The maximum absolute atomic E-state index is 12.6. The van der Waals surface area contributed by atoms with Crippen LogP contribution in [0.1, 0.15) is 51.9 Å². The molecule has 28 heavy (non-hydrogen) atoms. The lowest BCUT2D eigenvalue weighted by molar-refractivity contribution is -0.143. The smallest absolute Gasteiger partial charge is 0.308 e. The van der Waals surface area contributed by atoms with Gasteiger partial charge in [-0.2, -0.15) is 0 Å². The summed E-state index contributed by atoms with van der Waals surface area (Å²) in [7, 11) is 0. The molecule has 0 aromatic carbocycles. The van der Waals surface area contributed by atoms with Crippen LogP contribution < -0.4 is 10.6 Å². The first-order chi connectivity index (χ1) is 13.5. The third kappa shape index (κ3) is 7.16. The molecule has 156 valence electrons. The number of piperidine rings is 2. The third-order valence-electron chi connectivity index (χ3n) is 5.56. The summed E-state index contributed by atoms with van der Waals surface area (Å²) in [6, 6.07) is -0.683. The molecule has 0 aromatic rings. The molecule has 2 aliphatic rings. The summed E-state index contributed by atoms with van der Waals surface area (Å²) in [6.07, 6.45) is 10.7. The molecule has 0 radical (unpaired) electrons. The lowest BCUT2D eigenvalue weighted by Crippen LogP contribution is -2.47. The van der Waals surface area contributed by atoms with E-state index in [1.54, 1.807) is 6.92 Å². The molecule has 0 saturated carbocycles. The van der Waals surface area contributed by atoms with E-state index in [4.69, 9.17) is 11.2 Å². The molecule has 1 unspecified atom stereocenters. The Morgan fingerprint density at radius 2 is 2.04 bits per heavy atom. The molecule has 2 rings (SSSR count). The van der Waals surface area contributed by atoms with Crippen molar-refractivity contribution in [1.82, 2.24) is 15.5 Å². The van der Waals surface area contributed by atoms with Crippen LogP contribution in [0.15, 0.2) is 0 Å². The van der Waals surface area contributed by atoms with Crippen molar-refractivity contribution in [2.45, 2.75) is 57.9 Å². The van der Waals surface area contributed by atoms with Gasteiger partial charge in [0, 0.05) is 19.5 Å². The number of esters is 1. The van der Waals surface area contributed by atoms with Crippen LogP contribution in [0, 0.1) is 24.2 Å². The van der Waals surface area contributed by atoms with Crippen LogP contribution in [0.2, 0.25) is 0 Å². The predicted octanol–water partition coefficient (Wildman–Crippen LogP) is 1.08. The van der Waals surface area contributed by atoms with Crippen molar-refractivity contribution in [2.24, 2.45) is 11.8 Å². The molecule has 2 atom stereocenters. The lowest BCUT2D eigenvalue weighted by Gasteiger charge is -2.33. The van der Waals surface area contributed by atoms with Gasteiger partial charge in [-0.05, 0) is 58.0 Å². The lowest BCUT2D eigenvalue weighted by atomic mass is 9.92. The van der Waals surface area contributed by atoms with Crippen molar-refractivity contribution >= 4 is 17.8 Å². The first-order valence-electron chi connectivity index (χ1n) is 10.4. The van der Waals surface area contributed by atoms with Crippen molar-refractivity contribution in [3.8, 4) is 12.3 Å². The first-order valence-corrected chi connectivity index (χ1v) is 10.4. The fourth-order valence-corrected chi connectivity index (χ4v) is 3.90. The van der Waals surface area contributed by atoms with E-state index < -0.39 is 12.0 Å². The van der Waals surface area contributed by atoms with Gasteiger partial charge in [-0.15, -0.1) is 6.42 Å². The summed E-state index contributed by atoms with van der Waals surface area (Å²) in [5.74, 6) is 2.29. The molecular weight excluding hydrogens is 358 g/mol. The van der Waals surface area contributed by atoms with Gasteiger partial charge >= 0.3 is 5.97 Å². The minimum Gasteiger partial charge on any atom is -0.466 e. The second kappa shape index (κ2) is 11.7. The van der Waals surface area contributed by atoms with Gasteiger partial charge in [0.05, 0.1) is 18.9 Å². The van der Waals surface area contributed by atoms with E-state index in [0.717, 1.165) is 45.2 Å². The Hall–Kier alpha value is -2.07. The van der Waals surface area contributed by atoms with Crippen molar-refractivity contribution < 1.29 is 19.1 Å². The van der Waals surface area contributed by atoms with Gasteiger partial charge in [-0.1, -0.05) is 5.92 Å². The summed E-state index contributed by atoms with van der Waals surface area (Å²) < 4.78 is 4.88. The SMILES string of the molecule is C#CC(CC(=O)OCC)NC(=O)[C@@H]1CCCN(C(=O)CCC2CCNCC2)C1. The second-order valence-corrected chi connectivity index (χ2v) is 7.65. The molecule has 2 heterocycles. The molecule has 0 spiro atoms. The van der Waals surface area contributed by atoms with Crippen molar-refractivity contribution in [2.75, 3.05) is 32.8 Å². The van der Waals surface area contributed by atoms with E-state index in [1.807, 2.05) is 4.90 Å². The standard InChI is InChI=1S/C21H33N3O4/c1-3-18(14-20(26)28-4-2)23-21(27)17-6-5-13-24(15-17)19(25)8-7-16-9-11-22-12-10-16/h1,16-18,22H,4-15H2,2H3,(H,23,27)/t17-,18?/m1/s1. The maximum atomic E-state index is 12.6. The molecule has 2 amide bonds. The number of hydrogen-bond donors (Lipinski definition) is 2. The molecule has 0 bridgehead atoms. The number of ether oxygens (including phenoxy) is 1. The number of carbonyl (C=O) groups excluding carboxylic acids is 3. The Bertz CT molecular complexity index is 581. The average molecular weight is 392 g/mol. The summed E-state index contributed by atoms with van der Waals surface area (Å²) in [4.78, 5) is 38.6. The number of nitrogens with one attached hydrogen (secondary N) is 2. The van der Waals surface area contributed by atoms with Gasteiger partial charge < -0.3 is 20.3 Å². The molecule has 0 aliphatic carbocycles. The largest absolute Gasteiger partial charge is 0.466 e. The first kappa shape index (κ1) is 22.2. The Labute approximate surface area is 167 Å². The van der Waals surface area contributed by atoms with Crippen LogP contribution in [-0.4, -0.2) is 61.5 Å². The molecule has 7 heteroatoms. The average Bonchev–Trinajstić information content (AvgIpc) is 2.72. The van der Waals surface area contributed by atoms with Crippen LogP contribution >= 0.6 is 0 Å². The third-order valence-corrected chi connectivity index (χ3v) is 5.56. The van der Waals surface area contributed by atoms with E-state index in [2.05, 4.69) is 16.6 Å². The minimum absolute atomic E-state index is 0.0400. The van der Waals surface area contributed by atoms with Gasteiger partial charge in [-0.25, -0.2) is 0 Å². The Balaban J connectivity index is 1.78. The summed E-state index contributed by atoms with van der Waals surface area (Å²) in [5.41, 5.74) is 0. The normalized spacial score (nSPS) is 21.4.